The lowest BCUT2D eigenvalue weighted by Gasteiger charge is -2.22. The van der Waals surface area contributed by atoms with E-state index >= 15 is 0 Å². The Balaban J connectivity index is 1.33. The van der Waals surface area contributed by atoms with Gasteiger partial charge in [0.2, 0.25) is 5.91 Å². The lowest BCUT2D eigenvalue weighted by atomic mass is 10.2. The second-order valence-electron chi connectivity index (χ2n) is 7.33. The number of nitrogens with zero attached hydrogens (tertiary/aromatic N) is 3. The highest BCUT2D eigenvalue weighted by Gasteiger charge is 2.20. The average molecular weight is 470 g/mol. The summed E-state index contributed by atoms with van der Waals surface area (Å²) in [6.07, 6.45) is 1.39. The molecule has 1 fully saturated rings. The summed E-state index contributed by atoms with van der Waals surface area (Å²) in [7, 11) is 0. The van der Waals surface area contributed by atoms with Crippen LogP contribution in [0.15, 0.2) is 64.5 Å². The predicted molar refractivity (Wildman–Crippen MR) is 122 cm³/mol. The molecule has 0 unspecified atom stereocenters. The Morgan fingerprint density at radius 2 is 1.90 bits per heavy atom. The highest BCUT2D eigenvalue weighted by molar-refractivity contribution is 9.10. The van der Waals surface area contributed by atoms with Crippen molar-refractivity contribution >= 4 is 33.2 Å². The second kappa shape index (κ2) is 9.65. The molecule has 4 nitrogen and oxygen atoms in total. The van der Waals surface area contributed by atoms with Crippen LogP contribution >= 0.6 is 27.3 Å². The van der Waals surface area contributed by atoms with E-state index in [1.807, 2.05) is 34.5 Å². The first-order valence-corrected chi connectivity index (χ1v) is 11.6. The molecule has 0 bridgehead atoms. The van der Waals surface area contributed by atoms with Crippen LogP contribution in [0.1, 0.15) is 17.7 Å². The van der Waals surface area contributed by atoms with Gasteiger partial charge in [0.1, 0.15) is 5.01 Å². The summed E-state index contributed by atoms with van der Waals surface area (Å²) in [5, 5.41) is 2.97. The molecule has 1 amide bonds. The van der Waals surface area contributed by atoms with Gasteiger partial charge in [-0.25, -0.2) is 4.98 Å². The van der Waals surface area contributed by atoms with E-state index in [4.69, 9.17) is 4.98 Å². The van der Waals surface area contributed by atoms with E-state index < -0.39 is 0 Å². The largest absolute Gasteiger partial charge is 0.341 e. The first-order chi connectivity index (χ1) is 14.2. The van der Waals surface area contributed by atoms with Crippen molar-refractivity contribution in [2.75, 3.05) is 26.2 Å². The van der Waals surface area contributed by atoms with Crippen LogP contribution in [-0.2, 0) is 17.8 Å². The molecule has 29 heavy (non-hydrogen) atoms. The van der Waals surface area contributed by atoms with Gasteiger partial charge in [-0.3, -0.25) is 9.69 Å². The second-order valence-corrected chi connectivity index (χ2v) is 9.10. The first kappa shape index (κ1) is 20.3. The summed E-state index contributed by atoms with van der Waals surface area (Å²) in [4.78, 5) is 22.0. The molecular weight excluding hydrogens is 446 g/mol. The molecule has 1 aromatic heterocycles. The van der Waals surface area contributed by atoms with Crippen LogP contribution in [0.2, 0.25) is 0 Å². The molecule has 0 N–H and O–H groups in total. The van der Waals surface area contributed by atoms with Crippen molar-refractivity contribution in [2.24, 2.45) is 0 Å². The zero-order chi connectivity index (χ0) is 20.1. The van der Waals surface area contributed by atoms with Crippen molar-refractivity contribution in [3.8, 4) is 10.6 Å². The van der Waals surface area contributed by atoms with Gasteiger partial charge in [-0.1, -0.05) is 58.4 Å². The third kappa shape index (κ3) is 5.53. The van der Waals surface area contributed by atoms with E-state index in [1.165, 1.54) is 5.56 Å². The monoisotopic (exact) mass is 469 g/mol. The highest BCUT2D eigenvalue weighted by atomic mass is 79.9. The van der Waals surface area contributed by atoms with E-state index in [9.17, 15) is 4.79 Å². The molecule has 0 saturated carbocycles. The SMILES string of the molecule is O=C(Cc1csc(-c2cccc(Br)c2)n1)N1CCCN(Cc2ccccc2)CC1. The van der Waals surface area contributed by atoms with Gasteiger partial charge in [0.05, 0.1) is 12.1 Å². The number of halogens is 1. The maximum atomic E-state index is 12.8. The van der Waals surface area contributed by atoms with Crippen molar-refractivity contribution < 1.29 is 4.79 Å². The van der Waals surface area contributed by atoms with E-state index in [-0.39, 0.29) is 5.91 Å². The van der Waals surface area contributed by atoms with Crippen molar-refractivity contribution in [3.63, 3.8) is 0 Å². The van der Waals surface area contributed by atoms with Crippen LogP contribution in [0.3, 0.4) is 0 Å². The minimum atomic E-state index is 0.178. The third-order valence-electron chi connectivity index (χ3n) is 5.15. The Bertz CT molecular complexity index is 960. The van der Waals surface area contributed by atoms with Gasteiger partial charge in [0.25, 0.3) is 0 Å². The fourth-order valence-electron chi connectivity index (χ4n) is 3.63. The zero-order valence-electron chi connectivity index (χ0n) is 16.3. The first-order valence-electron chi connectivity index (χ1n) is 9.92. The van der Waals surface area contributed by atoms with Crippen LogP contribution in [0.25, 0.3) is 10.6 Å². The summed E-state index contributed by atoms with van der Waals surface area (Å²) in [6.45, 7) is 4.51. The van der Waals surface area contributed by atoms with Gasteiger partial charge in [-0.05, 0) is 24.1 Å². The molecule has 3 aromatic rings. The minimum absolute atomic E-state index is 0.178. The molecule has 0 aliphatic carbocycles. The molecule has 2 heterocycles. The molecule has 0 spiro atoms. The van der Waals surface area contributed by atoms with Gasteiger partial charge in [-0.15, -0.1) is 11.3 Å². The summed E-state index contributed by atoms with van der Waals surface area (Å²) >= 11 is 5.10. The number of hydrogen-bond acceptors (Lipinski definition) is 4. The topological polar surface area (TPSA) is 36.4 Å². The Morgan fingerprint density at radius 3 is 2.72 bits per heavy atom. The van der Waals surface area contributed by atoms with Crippen LogP contribution in [-0.4, -0.2) is 46.9 Å². The standard InChI is InChI=1S/C23H24BrN3OS/c24-20-9-4-8-19(14-20)23-25-21(17-29-23)15-22(28)27-11-5-10-26(12-13-27)16-18-6-2-1-3-7-18/h1-4,6-9,14,17H,5,10-13,15-16H2. The van der Waals surface area contributed by atoms with Crippen molar-refractivity contribution in [1.82, 2.24) is 14.8 Å². The zero-order valence-corrected chi connectivity index (χ0v) is 18.7. The number of hydrogen-bond donors (Lipinski definition) is 0. The molecule has 150 valence electrons. The molecule has 1 aliphatic heterocycles. The normalized spacial score (nSPS) is 15.3. The number of amides is 1. The van der Waals surface area contributed by atoms with Gasteiger partial charge in [-0.2, -0.15) is 0 Å². The van der Waals surface area contributed by atoms with Crippen LogP contribution in [0.5, 0.6) is 0 Å². The Kier molecular flexibility index (Phi) is 6.74. The number of carbonyl (C=O) groups excluding carboxylic acids is 1. The molecule has 1 saturated heterocycles. The third-order valence-corrected chi connectivity index (χ3v) is 6.58. The van der Waals surface area contributed by atoms with Crippen molar-refractivity contribution in [3.05, 3.63) is 75.7 Å². The summed E-state index contributed by atoms with van der Waals surface area (Å²) in [5.41, 5.74) is 3.27. The smallest absolute Gasteiger partial charge is 0.228 e. The quantitative estimate of drug-likeness (QED) is 0.535. The maximum Gasteiger partial charge on any atom is 0.228 e. The molecule has 0 radical (unpaired) electrons. The molecule has 1 aliphatic rings. The van der Waals surface area contributed by atoms with Crippen LogP contribution < -0.4 is 0 Å². The van der Waals surface area contributed by atoms with E-state index in [0.29, 0.717) is 6.42 Å². The minimum Gasteiger partial charge on any atom is -0.341 e. The maximum absolute atomic E-state index is 12.8. The number of thiazole rings is 1. The Labute approximate surface area is 184 Å². The summed E-state index contributed by atoms with van der Waals surface area (Å²) in [5.74, 6) is 0.178. The molecule has 0 atom stereocenters. The molecule has 4 rings (SSSR count). The van der Waals surface area contributed by atoms with Gasteiger partial charge in [0.15, 0.2) is 0 Å². The van der Waals surface area contributed by atoms with Crippen molar-refractivity contribution in [1.29, 1.82) is 0 Å². The Hall–Kier alpha value is -2.02. The van der Waals surface area contributed by atoms with Gasteiger partial charge >= 0.3 is 0 Å². The summed E-state index contributed by atoms with van der Waals surface area (Å²) in [6, 6.07) is 18.7. The number of carbonyl (C=O) groups is 1. The molecular formula is C23H24BrN3OS. The number of aromatic nitrogens is 1. The van der Waals surface area contributed by atoms with Crippen molar-refractivity contribution in [2.45, 2.75) is 19.4 Å². The lowest BCUT2D eigenvalue weighted by molar-refractivity contribution is -0.130. The highest BCUT2D eigenvalue weighted by Crippen LogP contribution is 2.26. The predicted octanol–water partition coefficient (Wildman–Crippen LogP) is 4.85. The molecule has 2 aromatic carbocycles. The van der Waals surface area contributed by atoms with Gasteiger partial charge in [0, 0.05) is 48.1 Å². The van der Waals surface area contributed by atoms with E-state index in [2.05, 4.69) is 51.2 Å². The lowest BCUT2D eigenvalue weighted by Crippen LogP contribution is -2.36. The Morgan fingerprint density at radius 1 is 1.03 bits per heavy atom. The average Bonchev–Trinajstić information content (AvgIpc) is 3.06. The number of rotatable bonds is 5. The molecule has 6 heteroatoms. The van der Waals surface area contributed by atoms with Crippen LogP contribution in [0, 0.1) is 0 Å². The van der Waals surface area contributed by atoms with E-state index in [1.54, 1.807) is 11.3 Å². The van der Waals surface area contributed by atoms with E-state index in [0.717, 1.165) is 59.9 Å². The van der Waals surface area contributed by atoms with Crippen LogP contribution in [0.4, 0.5) is 0 Å². The van der Waals surface area contributed by atoms with Gasteiger partial charge < -0.3 is 4.90 Å². The summed E-state index contributed by atoms with van der Waals surface area (Å²) < 4.78 is 1.03. The fourth-order valence-corrected chi connectivity index (χ4v) is 4.85. The fraction of sp³-hybridized carbons (Fsp3) is 0.304. The number of benzene rings is 2.